The highest BCUT2D eigenvalue weighted by Gasteiger charge is 2.24. The number of hydrogen-bond donors (Lipinski definition) is 1. The van der Waals surface area contributed by atoms with Gasteiger partial charge in [-0.2, -0.15) is 0 Å². The number of anilines is 1. The Hall–Kier alpha value is -3.06. The first kappa shape index (κ1) is 22.1. The lowest BCUT2D eigenvalue weighted by Gasteiger charge is -2.38. The van der Waals surface area contributed by atoms with Crippen LogP contribution in [-0.2, 0) is 0 Å². The van der Waals surface area contributed by atoms with Gasteiger partial charge in [-0.3, -0.25) is 9.88 Å². The Morgan fingerprint density at radius 1 is 1.03 bits per heavy atom. The van der Waals surface area contributed by atoms with Crippen LogP contribution in [0.25, 0.3) is 10.9 Å². The Kier molecular flexibility index (Phi) is 6.65. The van der Waals surface area contributed by atoms with Crippen molar-refractivity contribution in [1.82, 2.24) is 9.88 Å². The predicted octanol–water partition coefficient (Wildman–Crippen LogP) is 5.40. The van der Waals surface area contributed by atoms with E-state index >= 15 is 0 Å². The van der Waals surface area contributed by atoms with Crippen LogP contribution in [0.5, 0.6) is 23.0 Å². The molecule has 2 unspecified atom stereocenters. The van der Waals surface area contributed by atoms with Crippen molar-refractivity contribution in [2.75, 3.05) is 26.0 Å². The number of hydrogen-bond acceptors (Lipinski definition) is 6. The van der Waals surface area contributed by atoms with Gasteiger partial charge in [0, 0.05) is 48.0 Å². The van der Waals surface area contributed by atoms with E-state index in [1.807, 2.05) is 12.1 Å². The maximum Gasteiger partial charge on any atom is 0.167 e. The second-order valence-electron chi connectivity index (χ2n) is 8.34. The number of nitrogens with zero attached hydrogens (tertiary/aromatic N) is 2. The van der Waals surface area contributed by atoms with Crippen molar-refractivity contribution in [1.29, 1.82) is 0 Å². The summed E-state index contributed by atoms with van der Waals surface area (Å²) in [5.74, 6) is 1.24. The molecule has 4 rings (SSSR count). The zero-order valence-electron chi connectivity index (χ0n) is 18.8. The van der Waals surface area contributed by atoms with Crippen molar-refractivity contribution in [2.45, 2.75) is 45.2 Å². The average Bonchev–Trinajstić information content (AvgIpc) is 2.77. The minimum atomic E-state index is -0.525. The number of methoxy groups -OCH3 is 1. The number of likely N-dealkylation sites (tertiary alicyclic amines) is 1. The molecule has 2 atom stereocenters. The number of piperidine rings is 1. The van der Waals surface area contributed by atoms with Crippen LogP contribution in [0.1, 0.15) is 33.1 Å². The summed E-state index contributed by atoms with van der Waals surface area (Å²) in [6.07, 6.45) is 5.37. The Labute approximate surface area is 188 Å². The fourth-order valence-corrected chi connectivity index (χ4v) is 4.38. The highest BCUT2D eigenvalue weighted by atomic mass is 19.1. The maximum atomic E-state index is 14.2. The number of nitrogens with two attached hydrogens (primary N) is 1. The number of nitrogen functional groups attached to an aromatic ring is 1. The van der Waals surface area contributed by atoms with Gasteiger partial charge in [0.05, 0.1) is 12.6 Å². The molecule has 1 aliphatic rings. The second-order valence-corrected chi connectivity index (χ2v) is 8.34. The summed E-state index contributed by atoms with van der Waals surface area (Å²) >= 11 is 0. The largest absolute Gasteiger partial charge is 0.493 e. The summed E-state index contributed by atoms with van der Waals surface area (Å²) in [5, 5.41) is 0.700. The van der Waals surface area contributed by atoms with Gasteiger partial charge >= 0.3 is 0 Å². The van der Waals surface area contributed by atoms with Gasteiger partial charge in [0.15, 0.2) is 23.1 Å². The highest BCUT2D eigenvalue weighted by molar-refractivity contribution is 5.88. The van der Waals surface area contributed by atoms with Crippen molar-refractivity contribution < 1.29 is 18.6 Å². The normalized spacial score (nSPS) is 19.1. The Morgan fingerprint density at radius 3 is 2.53 bits per heavy atom. The van der Waals surface area contributed by atoms with Crippen molar-refractivity contribution in [3.05, 3.63) is 48.4 Å². The molecule has 1 saturated heterocycles. The maximum absolute atomic E-state index is 14.2. The molecule has 2 aromatic carbocycles. The van der Waals surface area contributed by atoms with Gasteiger partial charge in [0.1, 0.15) is 12.4 Å². The fourth-order valence-electron chi connectivity index (χ4n) is 4.38. The van der Waals surface area contributed by atoms with Crippen LogP contribution < -0.4 is 19.9 Å². The van der Waals surface area contributed by atoms with E-state index in [2.05, 4.69) is 23.7 Å². The molecule has 170 valence electrons. The van der Waals surface area contributed by atoms with Gasteiger partial charge < -0.3 is 19.9 Å². The SMILES string of the molecule is COc1cc2c(Oc3ccc(N)cc3F)ccnc2cc1OCCN1C(C)CCCC1C. The molecule has 0 amide bonds. The highest BCUT2D eigenvalue weighted by Crippen LogP contribution is 2.37. The first-order valence-electron chi connectivity index (χ1n) is 11.0. The number of pyridine rings is 1. The molecule has 0 saturated carbocycles. The Bertz CT molecular complexity index is 1080. The molecular formula is C25H30FN3O3. The quantitative estimate of drug-likeness (QED) is 0.497. The van der Waals surface area contributed by atoms with Crippen LogP contribution >= 0.6 is 0 Å². The van der Waals surface area contributed by atoms with Crippen molar-refractivity contribution in [3.8, 4) is 23.0 Å². The zero-order valence-corrected chi connectivity index (χ0v) is 18.8. The number of halogens is 1. The molecule has 1 aliphatic heterocycles. The van der Waals surface area contributed by atoms with Crippen LogP contribution in [0.4, 0.5) is 10.1 Å². The molecule has 6 nitrogen and oxygen atoms in total. The first-order chi connectivity index (χ1) is 15.5. The molecule has 2 N–H and O–H groups in total. The first-order valence-corrected chi connectivity index (χ1v) is 11.0. The van der Waals surface area contributed by atoms with Crippen LogP contribution in [0.2, 0.25) is 0 Å². The van der Waals surface area contributed by atoms with Gasteiger partial charge in [-0.15, -0.1) is 0 Å². The van der Waals surface area contributed by atoms with Gasteiger partial charge in [-0.05, 0) is 51.0 Å². The minimum absolute atomic E-state index is 0.0933. The van der Waals surface area contributed by atoms with E-state index in [0.29, 0.717) is 52.5 Å². The number of aromatic nitrogens is 1. The molecule has 0 bridgehead atoms. The molecule has 2 heterocycles. The summed E-state index contributed by atoms with van der Waals surface area (Å²) in [5.41, 5.74) is 6.64. The Balaban J connectivity index is 1.54. The lowest BCUT2D eigenvalue weighted by atomic mass is 9.98. The van der Waals surface area contributed by atoms with E-state index in [9.17, 15) is 4.39 Å². The molecule has 32 heavy (non-hydrogen) atoms. The molecule has 0 aliphatic carbocycles. The fraction of sp³-hybridized carbons (Fsp3) is 0.400. The molecule has 1 aromatic heterocycles. The summed E-state index contributed by atoms with van der Waals surface area (Å²) in [6, 6.07) is 10.8. The van der Waals surface area contributed by atoms with E-state index in [1.54, 1.807) is 25.4 Å². The molecule has 0 radical (unpaired) electrons. The topological polar surface area (TPSA) is 69.8 Å². The van der Waals surface area contributed by atoms with E-state index in [0.717, 1.165) is 6.54 Å². The third-order valence-electron chi connectivity index (χ3n) is 6.15. The molecule has 0 spiro atoms. The zero-order chi connectivity index (χ0) is 22.7. The van der Waals surface area contributed by atoms with Crippen LogP contribution in [0.15, 0.2) is 42.6 Å². The number of ether oxygens (including phenoxy) is 3. The van der Waals surface area contributed by atoms with E-state index in [1.165, 1.54) is 31.4 Å². The molecule has 7 heteroatoms. The lowest BCUT2D eigenvalue weighted by molar-refractivity contribution is 0.0846. The smallest absolute Gasteiger partial charge is 0.167 e. The summed E-state index contributed by atoms with van der Waals surface area (Å²) in [4.78, 5) is 6.94. The second kappa shape index (κ2) is 9.61. The monoisotopic (exact) mass is 439 g/mol. The molecule has 1 fully saturated rings. The summed E-state index contributed by atoms with van der Waals surface area (Å²) in [6.45, 7) is 5.98. The number of benzene rings is 2. The molecule has 3 aromatic rings. The van der Waals surface area contributed by atoms with Crippen LogP contribution in [-0.4, -0.2) is 42.2 Å². The molecular weight excluding hydrogens is 409 g/mol. The van der Waals surface area contributed by atoms with Crippen molar-refractivity contribution in [3.63, 3.8) is 0 Å². The van der Waals surface area contributed by atoms with Crippen LogP contribution in [0.3, 0.4) is 0 Å². The minimum Gasteiger partial charge on any atom is -0.493 e. The van der Waals surface area contributed by atoms with Gasteiger partial charge in [0.2, 0.25) is 0 Å². The lowest BCUT2D eigenvalue weighted by Crippen LogP contribution is -2.45. The van der Waals surface area contributed by atoms with Crippen LogP contribution in [0, 0.1) is 5.82 Å². The van der Waals surface area contributed by atoms with Gasteiger partial charge in [0.25, 0.3) is 0 Å². The third kappa shape index (κ3) is 4.72. The standard InChI is InChI=1S/C25H30FN3O3/c1-16-5-4-6-17(2)29(16)11-12-31-25-15-21-19(14-24(25)30-3)22(9-10-28-21)32-23-8-7-18(27)13-20(23)26/h7-10,13-17H,4-6,11-12,27H2,1-3H3. The van der Waals surface area contributed by atoms with E-state index in [-0.39, 0.29) is 5.75 Å². The van der Waals surface area contributed by atoms with Crippen molar-refractivity contribution in [2.24, 2.45) is 0 Å². The Morgan fingerprint density at radius 2 is 1.81 bits per heavy atom. The third-order valence-corrected chi connectivity index (χ3v) is 6.15. The number of fused-ring (bicyclic) bond motifs is 1. The average molecular weight is 440 g/mol. The van der Waals surface area contributed by atoms with Gasteiger partial charge in [-0.1, -0.05) is 6.42 Å². The van der Waals surface area contributed by atoms with E-state index < -0.39 is 5.82 Å². The summed E-state index contributed by atoms with van der Waals surface area (Å²) < 4.78 is 31.7. The number of rotatable bonds is 7. The summed E-state index contributed by atoms with van der Waals surface area (Å²) in [7, 11) is 1.60. The van der Waals surface area contributed by atoms with E-state index in [4.69, 9.17) is 19.9 Å². The van der Waals surface area contributed by atoms with Gasteiger partial charge in [-0.25, -0.2) is 4.39 Å². The van der Waals surface area contributed by atoms with Crippen molar-refractivity contribution >= 4 is 16.6 Å². The predicted molar refractivity (Wildman–Crippen MR) is 124 cm³/mol.